The number of aryl methyl sites for hydroxylation is 1. The van der Waals surface area contributed by atoms with Gasteiger partial charge in [0.25, 0.3) is 0 Å². The van der Waals surface area contributed by atoms with Crippen molar-refractivity contribution in [2.75, 3.05) is 38.0 Å². The summed E-state index contributed by atoms with van der Waals surface area (Å²) in [4.78, 5) is 14.6. The lowest BCUT2D eigenvalue weighted by atomic mass is 10.2. The Morgan fingerprint density at radius 2 is 1.74 bits per heavy atom. The average Bonchev–Trinajstić information content (AvgIpc) is 2.66. The highest BCUT2D eigenvalue weighted by Gasteiger charge is 2.28. The molecule has 0 aliphatic carbocycles. The predicted octanol–water partition coefficient (Wildman–Crippen LogP) is 2.70. The number of carbonyl (C=O) groups excluding carboxylic acids is 1. The van der Waals surface area contributed by atoms with Crippen molar-refractivity contribution in [3.05, 3.63) is 58.6 Å². The maximum absolute atomic E-state index is 12.6. The van der Waals surface area contributed by atoms with Gasteiger partial charge in [-0.3, -0.25) is 9.69 Å². The van der Waals surface area contributed by atoms with Crippen LogP contribution in [-0.2, 0) is 14.8 Å². The number of amides is 1. The van der Waals surface area contributed by atoms with E-state index in [-0.39, 0.29) is 12.5 Å². The van der Waals surface area contributed by atoms with Gasteiger partial charge < -0.3 is 5.32 Å². The second kappa shape index (κ2) is 8.52. The van der Waals surface area contributed by atoms with Crippen LogP contribution in [-0.4, -0.2) is 56.3 Å². The minimum absolute atomic E-state index is 0.101. The number of anilines is 1. The van der Waals surface area contributed by atoms with Crippen molar-refractivity contribution in [2.45, 2.75) is 11.8 Å². The standard InChI is InChI=1S/C19H22BrN3O3S/c1-15-13-16(7-8-18(15)20)21-19(24)14-22-9-11-23(12-10-22)27(25,26)17-5-3-2-4-6-17/h2-8,13H,9-12,14H2,1H3,(H,21,24). The van der Waals surface area contributed by atoms with E-state index < -0.39 is 10.0 Å². The lowest BCUT2D eigenvalue weighted by Gasteiger charge is -2.33. The summed E-state index contributed by atoms with van der Waals surface area (Å²) >= 11 is 3.44. The topological polar surface area (TPSA) is 69.7 Å². The van der Waals surface area contributed by atoms with Crippen molar-refractivity contribution < 1.29 is 13.2 Å². The SMILES string of the molecule is Cc1cc(NC(=O)CN2CCN(S(=O)(=O)c3ccccc3)CC2)ccc1Br. The molecular formula is C19H22BrN3O3S. The number of nitrogens with zero attached hydrogens (tertiary/aromatic N) is 2. The zero-order chi connectivity index (χ0) is 19.4. The molecule has 1 aliphatic heterocycles. The van der Waals surface area contributed by atoms with E-state index in [1.807, 2.05) is 30.0 Å². The first-order valence-corrected chi connectivity index (χ1v) is 10.9. The molecule has 0 bridgehead atoms. The predicted molar refractivity (Wildman–Crippen MR) is 109 cm³/mol. The third-order valence-electron chi connectivity index (χ3n) is 4.52. The van der Waals surface area contributed by atoms with Crippen LogP contribution in [0.1, 0.15) is 5.56 Å². The largest absolute Gasteiger partial charge is 0.325 e. The van der Waals surface area contributed by atoms with Gasteiger partial charge in [0.15, 0.2) is 0 Å². The van der Waals surface area contributed by atoms with Crippen molar-refractivity contribution in [3.8, 4) is 0 Å². The van der Waals surface area contributed by atoms with E-state index in [1.165, 1.54) is 4.31 Å². The van der Waals surface area contributed by atoms with E-state index >= 15 is 0 Å². The summed E-state index contributed by atoms with van der Waals surface area (Å²) < 4.78 is 27.8. The molecule has 0 spiro atoms. The molecule has 1 fully saturated rings. The fourth-order valence-electron chi connectivity index (χ4n) is 3.00. The van der Waals surface area contributed by atoms with Crippen molar-refractivity contribution >= 4 is 37.5 Å². The number of rotatable bonds is 5. The molecule has 2 aromatic carbocycles. The maximum Gasteiger partial charge on any atom is 0.243 e. The zero-order valence-electron chi connectivity index (χ0n) is 15.1. The van der Waals surface area contributed by atoms with Crippen LogP contribution in [0.2, 0.25) is 0 Å². The molecule has 1 saturated heterocycles. The van der Waals surface area contributed by atoms with Gasteiger partial charge >= 0.3 is 0 Å². The van der Waals surface area contributed by atoms with Crippen LogP contribution in [0.5, 0.6) is 0 Å². The lowest BCUT2D eigenvalue weighted by molar-refractivity contribution is -0.117. The first-order valence-electron chi connectivity index (χ1n) is 8.70. The Balaban J connectivity index is 1.53. The Bertz CT molecular complexity index is 911. The molecule has 0 unspecified atom stereocenters. The highest BCUT2D eigenvalue weighted by molar-refractivity contribution is 9.10. The number of halogens is 1. The number of sulfonamides is 1. The highest BCUT2D eigenvalue weighted by atomic mass is 79.9. The minimum atomic E-state index is -3.47. The number of piperazine rings is 1. The van der Waals surface area contributed by atoms with Crippen LogP contribution in [0.15, 0.2) is 57.9 Å². The van der Waals surface area contributed by atoms with E-state index in [0.29, 0.717) is 31.1 Å². The van der Waals surface area contributed by atoms with Gasteiger partial charge in [0, 0.05) is 36.3 Å². The fourth-order valence-corrected chi connectivity index (χ4v) is 4.69. The van der Waals surface area contributed by atoms with Crippen LogP contribution < -0.4 is 5.32 Å². The molecule has 1 aliphatic rings. The van der Waals surface area contributed by atoms with Gasteiger partial charge in [-0.1, -0.05) is 34.1 Å². The Hall–Kier alpha value is -1.74. The molecule has 0 atom stereocenters. The van der Waals surface area contributed by atoms with Crippen LogP contribution in [0.25, 0.3) is 0 Å². The Labute approximate surface area is 168 Å². The van der Waals surface area contributed by atoms with Gasteiger partial charge in [0.1, 0.15) is 0 Å². The molecule has 0 saturated carbocycles. The average molecular weight is 452 g/mol. The van der Waals surface area contributed by atoms with Gasteiger partial charge in [0.2, 0.25) is 15.9 Å². The Morgan fingerprint density at radius 3 is 2.37 bits per heavy atom. The Morgan fingerprint density at radius 1 is 1.07 bits per heavy atom. The number of hydrogen-bond acceptors (Lipinski definition) is 4. The van der Waals surface area contributed by atoms with Crippen LogP contribution >= 0.6 is 15.9 Å². The summed E-state index contributed by atoms with van der Waals surface area (Å²) in [6.07, 6.45) is 0. The summed E-state index contributed by atoms with van der Waals surface area (Å²) in [7, 11) is -3.47. The number of hydrogen-bond donors (Lipinski definition) is 1. The van der Waals surface area contributed by atoms with Crippen LogP contribution in [0.4, 0.5) is 5.69 Å². The van der Waals surface area contributed by atoms with E-state index in [2.05, 4.69) is 21.2 Å². The molecule has 27 heavy (non-hydrogen) atoms. The summed E-state index contributed by atoms with van der Waals surface area (Å²) in [5.74, 6) is -0.101. The van der Waals surface area contributed by atoms with Gasteiger partial charge in [-0.2, -0.15) is 4.31 Å². The molecule has 6 nitrogen and oxygen atoms in total. The third kappa shape index (κ3) is 4.95. The summed E-state index contributed by atoms with van der Waals surface area (Å²) in [6, 6.07) is 14.1. The molecule has 8 heteroatoms. The smallest absolute Gasteiger partial charge is 0.243 e. The molecule has 2 aromatic rings. The molecule has 1 N–H and O–H groups in total. The molecule has 0 radical (unpaired) electrons. The van der Waals surface area contributed by atoms with E-state index in [1.54, 1.807) is 30.3 Å². The van der Waals surface area contributed by atoms with E-state index in [9.17, 15) is 13.2 Å². The molecule has 1 amide bonds. The number of nitrogens with one attached hydrogen (secondary N) is 1. The Kier molecular flexibility index (Phi) is 6.31. The summed E-state index contributed by atoms with van der Waals surface area (Å²) in [5, 5.41) is 2.89. The monoisotopic (exact) mass is 451 g/mol. The maximum atomic E-state index is 12.6. The molecular weight excluding hydrogens is 430 g/mol. The normalized spacial score (nSPS) is 16.2. The molecule has 0 aromatic heterocycles. The fraction of sp³-hybridized carbons (Fsp3) is 0.316. The van der Waals surface area contributed by atoms with Crippen molar-refractivity contribution in [2.24, 2.45) is 0 Å². The van der Waals surface area contributed by atoms with Gasteiger partial charge in [-0.15, -0.1) is 0 Å². The first-order chi connectivity index (χ1) is 12.9. The van der Waals surface area contributed by atoms with Crippen LogP contribution in [0, 0.1) is 6.92 Å². The number of carbonyl (C=O) groups is 1. The summed E-state index contributed by atoms with van der Waals surface area (Å²) in [6.45, 7) is 4.02. The second-order valence-electron chi connectivity index (χ2n) is 6.51. The van der Waals surface area contributed by atoms with Gasteiger partial charge in [-0.25, -0.2) is 8.42 Å². The van der Waals surface area contributed by atoms with E-state index in [4.69, 9.17) is 0 Å². The van der Waals surface area contributed by atoms with Crippen molar-refractivity contribution in [1.29, 1.82) is 0 Å². The molecule has 1 heterocycles. The number of benzene rings is 2. The minimum Gasteiger partial charge on any atom is -0.325 e. The van der Waals surface area contributed by atoms with Crippen molar-refractivity contribution in [1.82, 2.24) is 9.21 Å². The van der Waals surface area contributed by atoms with E-state index in [0.717, 1.165) is 15.7 Å². The molecule has 144 valence electrons. The van der Waals surface area contributed by atoms with Crippen LogP contribution in [0.3, 0.4) is 0 Å². The first kappa shape index (κ1) is 20.0. The van der Waals surface area contributed by atoms with Crippen molar-refractivity contribution in [3.63, 3.8) is 0 Å². The van der Waals surface area contributed by atoms with Gasteiger partial charge in [-0.05, 0) is 42.8 Å². The summed E-state index contributed by atoms with van der Waals surface area (Å²) in [5.41, 5.74) is 1.80. The third-order valence-corrected chi connectivity index (χ3v) is 7.32. The van der Waals surface area contributed by atoms with Gasteiger partial charge in [0.05, 0.1) is 11.4 Å². The molecule has 3 rings (SSSR count). The zero-order valence-corrected chi connectivity index (χ0v) is 17.5. The second-order valence-corrected chi connectivity index (χ2v) is 9.30. The lowest BCUT2D eigenvalue weighted by Crippen LogP contribution is -2.50. The quantitative estimate of drug-likeness (QED) is 0.758. The highest BCUT2D eigenvalue weighted by Crippen LogP contribution is 2.20.